The lowest BCUT2D eigenvalue weighted by molar-refractivity contribution is -0.137. The van der Waals surface area contributed by atoms with E-state index in [-0.39, 0.29) is 6.10 Å². The minimum absolute atomic E-state index is 0.0225. The summed E-state index contributed by atoms with van der Waals surface area (Å²) in [5.41, 5.74) is 1.09. The molecule has 0 saturated carbocycles. The molecule has 1 N–H and O–H groups in total. The number of aliphatic carboxylic acids is 1. The molecule has 2 aromatic carbocycles. The zero-order valence-electron chi connectivity index (χ0n) is 14.6. The molecule has 28 heavy (non-hydrogen) atoms. The maximum atomic E-state index is 12.8. The van der Waals surface area contributed by atoms with Crippen molar-refractivity contribution in [3.05, 3.63) is 83.4 Å². The normalized spacial score (nSPS) is 15.5. The van der Waals surface area contributed by atoms with Crippen molar-refractivity contribution in [2.75, 3.05) is 13.2 Å². The summed E-state index contributed by atoms with van der Waals surface area (Å²) in [6.07, 6.45) is -0.555. The maximum absolute atomic E-state index is 12.8. The Morgan fingerprint density at radius 3 is 2.07 bits per heavy atom. The van der Waals surface area contributed by atoms with Crippen molar-refractivity contribution in [1.82, 2.24) is 0 Å². The Kier molecular flexibility index (Phi) is 5.84. The average molecular weight is 390 g/mol. The highest BCUT2D eigenvalue weighted by molar-refractivity contribution is 5.84. The monoisotopic (exact) mass is 390 g/mol. The van der Waals surface area contributed by atoms with Crippen molar-refractivity contribution in [3.63, 3.8) is 0 Å². The van der Waals surface area contributed by atoms with Gasteiger partial charge in [-0.2, -0.15) is 13.2 Å². The van der Waals surface area contributed by atoms with E-state index in [1.807, 2.05) is 0 Å². The Morgan fingerprint density at radius 1 is 1.04 bits per heavy atom. The molecule has 4 nitrogen and oxygen atoms in total. The Bertz CT molecular complexity index is 877. The number of ether oxygens (including phenoxy) is 2. The van der Waals surface area contributed by atoms with E-state index in [1.54, 1.807) is 30.3 Å². The molecule has 0 radical (unpaired) electrons. The predicted octanol–water partition coefficient (Wildman–Crippen LogP) is 4.56. The molecule has 0 bridgehead atoms. The SMILES string of the molecule is O=C(O)/C=C/C=C(/c1ccc(OC2COC2)cc1)c1ccc(C(F)(F)F)cc1. The van der Waals surface area contributed by atoms with Crippen LogP contribution in [0.2, 0.25) is 0 Å². The van der Waals surface area contributed by atoms with Crippen LogP contribution in [0.25, 0.3) is 5.57 Å². The zero-order valence-corrected chi connectivity index (χ0v) is 14.6. The molecule has 1 saturated heterocycles. The summed E-state index contributed by atoms with van der Waals surface area (Å²) >= 11 is 0. The molecule has 0 unspecified atom stereocenters. The van der Waals surface area contributed by atoms with Gasteiger partial charge in [-0.15, -0.1) is 0 Å². The van der Waals surface area contributed by atoms with Crippen molar-refractivity contribution >= 4 is 11.5 Å². The first-order valence-electron chi connectivity index (χ1n) is 8.47. The topological polar surface area (TPSA) is 55.8 Å². The van der Waals surface area contributed by atoms with Crippen LogP contribution in [0.15, 0.2) is 66.8 Å². The molecule has 2 aromatic rings. The van der Waals surface area contributed by atoms with Gasteiger partial charge in [0.15, 0.2) is 0 Å². The summed E-state index contributed by atoms with van der Waals surface area (Å²) in [4.78, 5) is 10.7. The number of carboxylic acid groups (broad SMARTS) is 1. The van der Waals surface area contributed by atoms with Gasteiger partial charge in [0.05, 0.1) is 18.8 Å². The van der Waals surface area contributed by atoms with Crippen LogP contribution in [0.5, 0.6) is 5.75 Å². The lowest BCUT2D eigenvalue weighted by atomic mass is 9.96. The highest BCUT2D eigenvalue weighted by atomic mass is 19.4. The van der Waals surface area contributed by atoms with Gasteiger partial charge in [-0.3, -0.25) is 0 Å². The van der Waals surface area contributed by atoms with Gasteiger partial charge >= 0.3 is 12.1 Å². The van der Waals surface area contributed by atoms with Crippen LogP contribution in [0, 0.1) is 0 Å². The molecular formula is C21H17F3O4. The molecule has 1 heterocycles. The fraction of sp³-hybridized carbons (Fsp3) is 0.190. The maximum Gasteiger partial charge on any atom is 0.416 e. The second-order valence-corrected chi connectivity index (χ2v) is 6.15. The van der Waals surface area contributed by atoms with Crippen molar-refractivity contribution in [2.45, 2.75) is 12.3 Å². The highest BCUT2D eigenvalue weighted by Gasteiger charge is 2.30. The number of hydrogen-bond donors (Lipinski definition) is 1. The molecule has 7 heteroatoms. The van der Waals surface area contributed by atoms with E-state index in [0.29, 0.717) is 35.7 Å². The number of carboxylic acids is 1. The van der Waals surface area contributed by atoms with Gasteiger partial charge in [-0.25, -0.2) is 4.79 Å². The van der Waals surface area contributed by atoms with Crippen LogP contribution >= 0.6 is 0 Å². The standard InChI is InChI=1S/C21H17F3O4/c22-21(23,24)16-8-4-14(5-9-16)19(2-1-3-20(25)26)15-6-10-17(11-7-15)28-18-12-27-13-18/h1-11,18H,12-13H2,(H,25,26)/b3-1+,19-2+. The number of benzene rings is 2. The summed E-state index contributed by atoms with van der Waals surface area (Å²) in [6, 6.07) is 11.8. The average Bonchev–Trinajstić information content (AvgIpc) is 2.62. The lowest BCUT2D eigenvalue weighted by Crippen LogP contribution is -2.38. The fourth-order valence-corrected chi connectivity index (χ4v) is 2.61. The Balaban J connectivity index is 1.89. The van der Waals surface area contributed by atoms with Crippen molar-refractivity contribution < 1.29 is 32.5 Å². The molecular weight excluding hydrogens is 373 g/mol. The number of carbonyl (C=O) groups is 1. The third-order valence-corrected chi connectivity index (χ3v) is 4.10. The van der Waals surface area contributed by atoms with E-state index >= 15 is 0 Å². The zero-order chi connectivity index (χ0) is 20.1. The molecule has 0 aromatic heterocycles. The van der Waals surface area contributed by atoms with E-state index in [9.17, 15) is 18.0 Å². The summed E-state index contributed by atoms with van der Waals surface area (Å²) < 4.78 is 49.2. The first-order chi connectivity index (χ1) is 13.3. The van der Waals surface area contributed by atoms with Crippen LogP contribution in [0.3, 0.4) is 0 Å². The van der Waals surface area contributed by atoms with Crippen LogP contribution < -0.4 is 4.74 Å². The molecule has 0 atom stereocenters. The van der Waals surface area contributed by atoms with Gasteiger partial charge < -0.3 is 14.6 Å². The van der Waals surface area contributed by atoms with Crippen LogP contribution in [0.1, 0.15) is 16.7 Å². The second-order valence-electron chi connectivity index (χ2n) is 6.15. The van der Waals surface area contributed by atoms with Gasteiger partial charge in [-0.1, -0.05) is 36.4 Å². The first-order valence-corrected chi connectivity index (χ1v) is 8.47. The van der Waals surface area contributed by atoms with Crippen molar-refractivity contribution in [1.29, 1.82) is 0 Å². The van der Waals surface area contributed by atoms with Crippen molar-refractivity contribution in [2.24, 2.45) is 0 Å². The van der Waals surface area contributed by atoms with Gasteiger partial charge in [0.25, 0.3) is 0 Å². The summed E-state index contributed by atoms with van der Waals surface area (Å²) in [5, 5.41) is 8.77. The first kappa shape index (κ1) is 19.7. The largest absolute Gasteiger partial charge is 0.486 e. The summed E-state index contributed by atoms with van der Waals surface area (Å²) in [6.45, 7) is 1.08. The Hall–Kier alpha value is -3.06. The number of hydrogen-bond acceptors (Lipinski definition) is 3. The minimum atomic E-state index is -4.42. The summed E-state index contributed by atoms with van der Waals surface area (Å²) in [7, 11) is 0. The van der Waals surface area contributed by atoms with E-state index < -0.39 is 17.7 Å². The summed E-state index contributed by atoms with van der Waals surface area (Å²) in [5.74, 6) is -0.459. The molecule has 3 rings (SSSR count). The van der Waals surface area contributed by atoms with E-state index in [0.717, 1.165) is 18.2 Å². The number of allylic oxidation sites excluding steroid dienone is 2. The second kappa shape index (κ2) is 8.31. The van der Waals surface area contributed by atoms with Gasteiger partial charge in [0, 0.05) is 6.08 Å². The third-order valence-electron chi connectivity index (χ3n) is 4.10. The van der Waals surface area contributed by atoms with Crippen LogP contribution in [0.4, 0.5) is 13.2 Å². The smallest absolute Gasteiger partial charge is 0.416 e. The number of alkyl halides is 3. The molecule has 0 spiro atoms. The molecule has 0 aliphatic carbocycles. The molecule has 0 amide bonds. The Morgan fingerprint density at radius 2 is 1.61 bits per heavy atom. The molecule has 1 fully saturated rings. The van der Waals surface area contributed by atoms with Crippen LogP contribution in [-0.2, 0) is 15.7 Å². The van der Waals surface area contributed by atoms with E-state index in [4.69, 9.17) is 14.6 Å². The Labute approximate surface area is 159 Å². The fourth-order valence-electron chi connectivity index (χ4n) is 2.61. The highest BCUT2D eigenvalue weighted by Crippen LogP contribution is 2.32. The van der Waals surface area contributed by atoms with E-state index in [2.05, 4.69) is 0 Å². The van der Waals surface area contributed by atoms with Crippen molar-refractivity contribution in [3.8, 4) is 5.75 Å². The van der Waals surface area contributed by atoms with Crippen LogP contribution in [-0.4, -0.2) is 30.4 Å². The quantitative estimate of drug-likeness (QED) is 0.581. The lowest BCUT2D eigenvalue weighted by Gasteiger charge is -2.26. The van der Waals surface area contributed by atoms with E-state index in [1.165, 1.54) is 18.2 Å². The predicted molar refractivity (Wildman–Crippen MR) is 97.0 cm³/mol. The number of rotatable bonds is 6. The van der Waals surface area contributed by atoms with Gasteiger partial charge in [0.2, 0.25) is 0 Å². The molecule has 146 valence electrons. The minimum Gasteiger partial charge on any atom is -0.486 e. The molecule has 1 aliphatic rings. The third kappa shape index (κ3) is 5.01. The van der Waals surface area contributed by atoms with Gasteiger partial charge in [0.1, 0.15) is 11.9 Å². The van der Waals surface area contributed by atoms with Gasteiger partial charge in [-0.05, 0) is 41.0 Å². The number of halogens is 3. The molecule has 1 aliphatic heterocycles.